The Morgan fingerprint density at radius 2 is 1.70 bits per heavy atom. The highest BCUT2D eigenvalue weighted by molar-refractivity contribution is 6.04. The number of carbonyl (C=O) groups excluding carboxylic acids is 2. The smallest absolute Gasteiger partial charge is 0.237 e. The van der Waals surface area contributed by atoms with Crippen molar-refractivity contribution in [1.82, 2.24) is 15.1 Å². The van der Waals surface area contributed by atoms with Crippen LogP contribution in [0, 0.1) is 5.41 Å². The lowest BCUT2D eigenvalue weighted by Crippen LogP contribution is -2.56. The van der Waals surface area contributed by atoms with E-state index in [0.29, 0.717) is 13.1 Å². The molecule has 0 aliphatic carbocycles. The monoisotopic (exact) mass is 283 g/mol. The van der Waals surface area contributed by atoms with Gasteiger partial charge >= 0.3 is 0 Å². The number of hydrogen-bond donors (Lipinski definition) is 1. The number of nitrogens with one attached hydrogen (secondary N) is 1. The summed E-state index contributed by atoms with van der Waals surface area (Å²) in [6, 6.07) is 0.103. The van der Waals surface area contributed by atoms with E-state index >= 15 is 0 Å². The van der Waals surface area contributed by atoms with Gasteiger partial charge in [0.2, 0.25) is 11.8 Å². The summed E-state index contributed by atoms with van der Waals surface area (Å²) < 4.78 is 0. The molecule has 1 unspecified atom stereocenters. The Kier molecular flexibility index (Phi) is 5.99. The fraction of sp³-hybridized carbons (Fsp3) is 0.867. The average molecular weight is 283 g/mol. The van der Waals surface area contributed by atoms with Crippen LogP contribution >= 0.6 is 0 Å². The van der Waals surface area contributed by atoms with E-state index in [4.69, 9.17) is 0 Å². The molecule has 1 saturated heterocycles. The van der Waals surface area contributed by atoms with Crippen LogP contribution in [0.15, 0.2) is 0 Å². The topological polar surface area (TPSA) is 52.7 Å². The van der Waals surface area contributed by atoms with Gasteiger partial charge in [-0.05, 0) is 33.7 Å². The van der Waals surface area contributed by atoms with Crippen LogP contribution in [0.4, 0.5) is 0 Å². The van der Waals surface area contributed by atoms with Gasteiger partial charge in [0.1, 0.15) is 5.41 Å². The lowest BCUT2D eigenvalue weighted by atomic mass is 9.89. The number of amides is 2. The number of rotatable bonds is 5. The second-order valence-corrected chi connectivity index (χ2v) is 6.13. The fourth-order valence-electron chi connectivity index (χ4n) is 2.27. The van der Waals surface area contributed by atoms with Crippen molar-refractivity contribution in [3.63, 3.8) is 0 Å². The van der Waals surface area contributed by atoms with Gasteiger partial charge in [0.15, 0.2) is 0 Å². The third-order valence-corrected chi connectivity index (χ3v) is 4.20. The molecule has 20 heavy (non-hydrogen) atoms. The SMILES string of the molecule is CCC(C)NC(=O)C(C)(C)C(=O)N1CCN(CC)CC1. The molecule has 116 valence electrons. The molecule has 5 nitrogen and oxygen atoms in total. The average Bonchev–Trinajstić information content (AvgIpc) is 2.46. The van der Waals surface area contributed by atoms with Crippen molar-refractivity contribution in [3.05, 3.63) is 0 Å². The number of piperazine rings is 1. The highest BCUT2D eigenvalue weighted by Crippen LogP contribution is 2.21. The molecule has 5 heteroatoms. The van der Waals surface area contributed by atoms with Gasteiger partial charge in [-0.2, -0.15) is 0 Å². The van der Waals surface area contributed by atoms with E-state index in [0.717, 1.165) is 26.1 Å². The van der Waals surface area contributed by atoms with Crippen molar-refractivity contribution in [3.8, 4) is 0 Å². The van der Waals surface area contributed by atoms with Crippen molar-refractivity contribution >= 4 is 11.8 Å². The molecule has 0 bridgehead atoms. The molecule has 1 atom stereocenters. The first-order valence-corrected chi connectivity index (χ1v) is 7.65. The van der Waals surface area contributed by atoms with Crippen molar-refractivity contribution < 1.29 is 9.59 Å². The van der Waals surface area contributed by atoms with Crippen LogP contribution in [0.2, 0.25) is 0 Å². The van der Waals surface area contributed by atoms with Crippen molar-refractivity contribution in [2.24, 2.45) is 5.41 Å². The van der Waals surface area contributed by atoms with Crippen LogP contribution in [0.25, 0.3) is 0 Å². The molecule has 0 spiro atoms. The molecule has 0 aromatic carbocycles. The van der Waals surface area contributed by atoms with Crippen molar-refractivity contribution in [2.45, 2.75) is 47.1 Å². The van der Waals surface area contributed by atoms with Crippen LogP contribution in [-0.2, 0) is 9.59 Å². The first-order valence-electron chi connectivity index (χ1n) is 7.65. The molecule has 2 amide bonds. The number of hydrogen-bond acceptors (Lipinski definition) is 3. The molecule has 1 aliphatic rings. The summed E-state index contributed by atoms with van der Waals surface area (Å²) in [5.41, 5.74) is -0.988. The largest absolute Gasteiger partial charge is 0.353 e. The molecule has 0 saturated carbocycles. The second kappa shape index (κ2) is 7.07. The zero-order valence-corrected chi connectivity index (χ0v) is 13.5. The van der Waals surface area contributed by atoms with Gasteiger partial charge in [0.05, 0.1) is 0 Å². The van der Waals surface area contributed by atoms with E-state index < -0.39 is 5.41 Å². The quantitative estimate of drug-likeness (QED) is 0.769. The molecule has 1 N–H and O–H groups in total. The molecular weight excluding hydrogens is 254 g/mol. The van der Waals surface area contributed by atoms with Gasteiger partial charge in [0, 0.05) is 32.2 Å². The van der Waals surface area contributed by atoms with Crippen LogP contribution in [-0.4, -0.2) is 60.4 Å². The summed E-state index contributed by atoms with van der Waals surface area (Å²) in [6.45, 7) is 13.8. The summed E-state index contributed by atoms with van der Waals surface area (Å²) in [4.78, 5) is 29.0. The molecular formula is C15H29N3O2. The van der Waals surface area contributed by atoms with Crippen LogP contribution < -0.4 is 5.32 Å². The normalized spacial score (nSPS) is 18.8. The summed E-state index contributed by atoms with van der Waals surface area (Å²) >= 11 is 0. The maximum Gasteiger partial charge on any atom is 0.237 e. The molecule has 1 heterocycles. The summed E-state index contributed by atoms with van der Waals surface area (Å²) in [6.07, 6.45) is 0.866. The number of likely N-dealkylation sites (N-methyl/N-ethyl adjacent to an activating group) is 1. The molecule has 0 radical (unpaired) electrons. The predicted octanol–water partition coefficient (Wildman–Crippen LogP) is 1.09. The predicted molar refractivity (Wildman–Crippen MR) is 80.4 cm³/mol. The van der Waals surface area contributed by atoms with Gasteiger partial charge in [-0.25, -0.2) is 0 Å². The van der Waals surface area contributed by atoms with Crippen molar-refractivity contribution in [1.29, 1.82) is 0 Å². The van der Waals surface area contributed by atoms with E-state index in [2.05, 4.69) is 17.1 Å². The van der Waals surface area contributed by atoms with Gasteiger partial charge in [-0.3, -0.25) is 9.59 Å². The fourth-order valence-corrected chi connectivity index (χ4v) is 2.27. The first kappa shape index (κ1) is 17.0. The Balaban J connectivity index is 2.62. The third-order valence-electron chi connectivity index (χ3n) is 4.20. The van der Waals surface area contributed by atoms with Gasteiger partial charge in [-0.15, -0.1) is 0 Å². The van der Waals surface area contributed by atoms with Gasteiger partial charge in [-0.1, -0.05) is 13.8 Å². The van der Waals surface area contributed by atoms with Crippen LogP contribution in [0.1, 0.15) is 41.0 Å². The van der Waals surface area contributed by atoms with Crippen molar-refractivity contribution in [2.75, 3.05) is 32.7 Å². The lowest BCUT2D eigenvalue weighted by molar-refractivity contribution is -0.150. The maximum absolute atomic E-state index is 12.6. The summed E-state index contributed by atoms with van der Waals surface area (Å²) in [5, 5.41) is 2.91. The zero-order chi connectivity index (χ0) is 15.3. The standard InChI is InChI=1S/C15H29N3O2/c1-6-12(3)16-13(19)15(4,5)14(20)18-10-8-17(7-2)9-11-18/h12H,6-11H2,1-5H3,(H,16,19). The second-order valence-electron chi connectivity index (χ2n) is 6.13. The highest BCUT2D eigenvalue weighted by atomic mass is 16.2. The van der Waals surface area contributed by atoms with Crippen LogP contribution in [0.3, 0.4) is 0 Å². The Bertz CT molecular complexity index is 347. The first-order chi connectivity index (χ1) is 9.32. The molecule has 0 aromatic rings. The van der Waals surface area contributed by atoms with E-state index in [1.54, 1.807) is 13.8 Å². The Morgan fingerprint density at radius 1 is 1.15 bits per heavy atom. The van der Waals surface area contributed by atoms with Gasteiger partial charge in [0.25, 0.3) is 0 Å². The minimum Gasteiger partial charge on any atom is -0.353 e. The zero-order valence-electron chi connectivity index (χ0n) is 13.5. The Hall–Kier alpha value is -1.10. The number of carbonyl (C=O) groups is 2. The Morgan fingerprint density at radius 3 is 2.15 bits per heavy atom. The third kappa shape index (κ3) is 3.95. The molecule has 0 aromatic heterocycles. The van der Waals surface area contributed by atoms with Crippen LogP contribution in [0.5, 0.6) is 0 Å². The van der Waals surface area contributed by atoms with E-state index in [1.807, 2.05) is 18.7 Å². The molecule has 1 fully saturated rings. The Labute approximate surface area is 122 Å². The highest BCUT2D eigenvalue weighted by Gasteiger charge is 2.40. The number of nitrogens with zero attached hydrogens (tertiary/aromatic N) is 2. The lowest BCUT2D eigenvalue weighted by Gasteiger charge is -2.38. The van der Waals surface area contributed by atoms with E-state index in [1.165, 1.54) is 0 Å². The minimum absolute atomic E-state index is 0.0611. The minimum atomic E-state index is -0.988. The van der Waals surface area contributed by atoms with Gasteiger partial charge < -0.3 is 15.1 Å². The van der Waals surface area contributed by atoms with E-state index in [-0.39, 0.29) is 17.9 Å². The maximum atomic E-state index is 12.6. The van der Waals surface area contributed by atoms with E-state index in [9.17, 15) is 9.59 Å². The molecule has 1 rings (SSSR count). The molecule has 1 aliphatic heterocycles. The summed E-state index contributed by atoms with van der Waals surface area (Å²) in [7, 11) is 0. The summed E-state index contributed by atoms with van der Waals surface area (Å²) in [5.74, 6) is -0.233.